The molecule has 39 heavy (non-hydrogen) atoms. The van der Waals surface area contributed by atoms with Gasteiger partial charge in [-0.25, -0.2) is 13.4 Å². The van der Waals surface area contributed by atoms with Gasteiger partial charge in [0.1, 0.15) is 10.0 Å². The van der Waals surface area contributed by atoms with Gasteiger partial charge in [0.25, 0.3) is 5.91 Å². The molecule has 7 nitrogen and oxygen atoms in total. The molecule has 2 aliphatic heterocycles. The van der Waals surface area contributed by atoms with Crippen molar-refractivity contribution in [3.63, 3.8) is 0 Å². The summed E-state index contributed by atoms with van der Waals surface area (Å²) in [5.74, 6) is 0.100. The molecule has 0 spiro atoms. The molecule has 0 unspecified atom stereocenters. The third-order valence-corrected chi connectivity index (χ3v) is 11.8. The number of carbonyl (C=O) groups is 1. The highest BCUT2D eigenvalue weighted by Gasteiger charge is 2.30. The van der Waals surface area contributed by atoms with E-state index in [2.05, 4.69) is 30.1 Å². The molecular formula is C29H32N4O3S3. The number of rotatable bonds is 6. The van der Waals surface area contributed by atoms with Crippen molar-refractivity contribution in [1.29, 1.82) is 0 Å². The number of hydrogen-bond acceptors (Lipinski definition) is 7. The lowest BCUT2D eigenvalue weighted by Gasteiger charge is -2.30. The fraction of sp³-hybridized carbons (Fsp3) is 0.379. The van der Waals surface area contributed by atoms with E-state index in [1.165, 1.54) is 10.4 Å². The van der Waals surface area contributed by atoms with Crippen molar-refractivity contribution >= 4 is 53.8 Å². The van der Waals surface area contributed by atoms with Crippen molar-refractivity contribution in [3.8, 4) is 10.6 Å². The van der Waals surface area contributed by atoms with Crippen molar-refractivity contribution in [1.82, 2.24) is 14.2 Å². The number of amides is 1. The van der Waals surface area contributed by atoms with Gasteiger partial charge in [0.15, 0.2) is 0 Å². The Balaban J connectivity index is 1.29. The summed E-state index contributed by atoms with van der Waals surface area (Å²) in [4.78, 5) is 22.2. The van der Waals surface area contributed by atoms with E-state index in [1.54, 1.807) is 51.2 Å². The van der Waals surface area contributed by atoms with Gasteiger partial charge in [-0.05, 0) is 73.7 Å². The number of nitrogens with zero attached hydrogens (tertiary/aromatic N) is 3. The van der Waals surface area contributed by atoms with E-state index in [9.17, 15) is 13.2 Å². The lowest BCUT2D eigenvalue weighted by molar-refractivity contribution is 0.102. The van der Waals surface area contributed by atoms with E-state index < -0.39 is 10.0 Å². The van der Waals surface area contributed by atoms with E-state index in [4.69, 9.17) is 4.98 Å². The SMILES string of the molecule is CCN1CCc2c(sc(NC(=O)c3ccc(S(=O)(=O)N4CCC[C@H](C)C4)cc3)c2-c2nc3ccccc3s2)C1. The largest absolute Gasteiger partial charge is 0.313 e. The predicted octanol–water partition coefficient (Wildman–Crippen LogP) is 6.08. The standard InChI is InChI=1S/C29H32N4O3S3/c1-3-32-16-14-22-25(18-32)38-29(26(22)28-30-23-8-4-5-9-24(23)37-28)31-27(34)20-10-12-21(13-11-20)39(35,36)33-15-6-7-19(2)17-33/h4-5,8-13,19H,3,6-7,14-18H2,1-2H3,(H,31,34)/t19-/m0/s1. The number of thiophene rings is 1. The van der Waals surface area contributed by atoms with Crippen molar-refractivity contribution in [2.75, 3.05) is 31.5 Å². The summed E-state index contributed by atoms with van der Waals surface area (Å²) in [5.41, 5.74) is 3.69. The van der Waals surface area contributed by atoms with Crippen LogP contribution in [-0.4, -0.2) is 54.7 Å². The summed E-state index contributed by atoms with van der Waals surface area (Å²) in [6.07, 6.45) is 2.84. The zero-order valence-electron chi connectivity index (χ0n) is 22.1. The maximum Gasteiger partial charge on any atom is 0.256 e. The lowest BCUT2D eigenvalue weighted by Crippen LogP contribution is -2.39. The Morgan fingerprint density at radius 3 is 2.64 bits per heavy atom. The van der Waals surface area contributed by atoms with Crippen LogP contribution in [0.4, 0.5) is 5.00 Å². The molecule has 0 saturated carbocycles. The molecule has 4 heterocycles. The number of nitrogens with one attached hydrogen (secondary N) is 1. The highest BCUT2D eigenvalue weighted by atomic mass is 32.2. The van der Waals surface area contributed by atoms with Crippen molar-refractivity contribution < 1.29 is 13.2 Å². The number of thiazole rings is 1. The first-order valence-corrected chi connectivity index (χ1v) is 16.5. The highest BCUT2D eigenvalue weighted by molar-refractivity contribution is 7.89. The number of carbonyl (C=O) groups excluding carboxylic acids is 1. The molecule has 6 rings (SSSR count). The van der Waals surface area contributed by atoms with E-state index in [0.29, 0.717) is 24.6 Å². The van der Waals surface area contributed by atoms with Gasteiger partial charge in [-0.3, -0.25) is 9.69 Å². The fourth-order valence-corrected chi connectivity index (χ4v) is 9.48. The molecule has 0 radical (unpaired) electrons. The highest BCUT2D eigenvalue weighted by Crippen LogP contribution is 2.45. The van der Waals surface area contributed by atoms with Gasteiger partial charge in [0, 0.05) is 42.2 Å². The molecule has 204 valence electrons. The van der Waals surface area contributed by atoms with Crippen LogP contribution in [0.2, 0.25) is 0 Å². The second-order valence-corrected chi connectivity index (χ2v) is 14.5. The maximum absolute atomic E-state index is 13.4. The summed E-state index contributed by atoms with van der Waals surface area (Å²) < 4.78 is 29.0. The van der Waals surface area contributed by atoms with Crippen LogP contribution >= 0.6 is 22.7 Å². The maximum atomic E-state index is 13.4. The minimum atomic E-state index is -3.57. The van der Waals surface area contributed by atoms with Gasteiger partial charge in [-0.15, -0.1) is 22.7 Å². The third kappa shape index (κ3) is 5.16. The number of sulfonamides is 1. The predicted molar refractivity (Wildman–Crippen MR) is 159 cm³/mol. The Bertz CT molecular complexity index is 1590. The zero-order chi connectivity index (χ0) is 27.1. The first kappa shape index (κ1) is 26.6. The molecular weight excluding hydrogens is 549 g/mol. The first-order valence-electron chi connectivity index (χ1n) is 13.5. The van der Waals surface area contributed by atoms with Crippen molar-refractivity contribution in [3.05, 3.63) is 64.5 Å². The van der Waals surface area contributed by atoms with E-state index in [-0.39, 0.29) is 10.8 Å². The molecule has 0 aliphatic carbocycles. The van der Waals surface area contributed by atoms with Gasteiger partial charge in [0.05, 0.1) is 15.1 Å². The number of likely N-dealkylation sites (N-methyl/N-ethyl adjacent to an activating group) is 1. The van der Waals surface area contributed by atoms with Crippen LogP contribution in [0.25, 0.3) is 20.8 Å². The van der Waals surface area contributed by atoms with Crippen LogP contribution in [-0.2, 0) is 23.0 Å². The summed E-state index contributed by atoms with van der Waals surface area (Å²) in [7, 11) is -3.57. The Hall–Kier alpha value is -2.63. The zero-order valence-corrected chi connectivity index (χ0v) is 24.6. The van der Waals surface area contributed by atoms with Crippen molar-refractivity contribution in [2.45, 2.75) is 44.6 Å². The number of para-hydroxylation sites is 1. The Kier molecular flexibility index (Phi) is 7.32. The quantitative estimate of drug-likeness (QED) is 0.299. The smallest absolute Gasteiger partial charge is 0.256 e. The van der Waals surface area contributed by atoms with Crippen LogP contribution in [0, 0.1) is 5.92 Å². The summed E-state index contributed by atoms with van der Waals surface area (Å²) in [5, 5.41) is 4.88. The molecule has 2 aliphatic rings. The molecule has 1 amide bonds. The number of hydrogen-bond donors (Lipinski definition) is 1. The minimum absolute atomic E-state index is 0.231. The fourth-order valence-electron chi connectivity index (χ4n) is 5.49. The van der Waals surface area contributed by atoms with E-state index in [1.807, 2.05) is 18.2 Å². The van der Waals surface area contributed by atoms with Gasteiger partial charge in [-0.1, -0.05) is 26.0 Å². The van der Waals surface area contributed by atoms with Crippen LogP contribution in [0.3, 0.4) is 0 Å². The number of fused-ring (bicyclic) bond motifs is 2. The molecule has 1 fully saturated rings. The molecule has 2 aromatic heterocycles. The van der Waals surface area contributed by atoms with Crippen LogP contribution in [0.5, 0.6) is 0 Å². The second-order valence-electron chi connectivity index (χ2n) is 10.4. The van der Waals surface area contributed by atoms with Crippen molar-refractivity contribution in [2.24, 2.45) is 5.92 Å². The summed E-state index contributed by atoms with van der Waals surface area (Å²) >= 11 is 3.27. The Morgan fingerprint density at radius 2 is 1.90 bits per heavy atom. The van der Waals surface area contributed by atoms with Gasteiger partial charge in [-0.2, -0.15) is 4.31 Å². The molecule has 1 N–H and O–H groups in total. The Morgan fingerprint density at radius 1 is 1.10 bits per heavy atom. The first-order chi connectivity index (χ1) is 18.8. The van der Waals surface area contributed by atoms with Gasteiger partial charge >= 0.3 is 0 Å². The number of piperidine rings is 1. The number of anilines is 1. The van der Waals surface area contributed by atoms with Crippen LogP contribution in [0.1, 0.15) is 47.5 Å². The van der Waals surface area contributed by atoms with E-state index in [0.717, 1.165) is 64.7 Å². The summed E-state index contributed by atoms with van der Waals surface area (Å²) in [6.45, 7) is 8.18. The van der Waals surface area contributed by atoms with Crippen LogP contribution in [0.15, 0.2) is 53.4 Å². The molecule has 2 aromatic carbocycles. The van der Waals surface area contributed by atoms with E-state index >= 15 is 0 Å². The second kappa shape index (κ2) is 10.7. The Labute approximate surface area is 237 Å². The van der Waals surface area contributed by atoms with Gasteiger partial charge in [0.2, 0.25) is 10.0 Å². The van der Waals surface area contributed by atoms with Crippen LogP contribution < -0.4 is 5.32 Å². The third-order valence-electron chi connectivity index (χ3n) is 7.69. The monoisotopic (exact) mass is 580 g/mol. The lowest BCUT2D eigenvalue weighted by atomic mass is 10.0. The number of aromatic nitrogens is 1. The molecule has 1 saturated heterocycles. The summed E-state index contributed by atoms with van der Waals surface area (Å²) in [6, 6.07) is 14.4. The number of benzene rings is 2. The molecule has 0 bridgehead atoms. The molecule has 4 aromatic rings. The average molecular weight is 581 g/mol. The topological polar surface area (TPSA) is 82.6 Å². The average Bonchev–Trinajstić information content (AvgIpc) is 3.53. The molecule has 1 atom stereocenters. The molecule has 10 heteroatoms. The minimum Gasteiger partial charge on any atom is -0.313 e. The normalized spacial score (nSPS) is 18.8. The van der Waals surface area contributed by atoms with Gasteiger partial charge < -0.3 is 5.32 Å².